The first-order valence-corrected chi connectivity index (χ1v) is 18.6. The minimum Gasteiger partial charge on any atom is -0.486 e. The van der Waals surface area contributed by atoms with Gasteiger partial charge in [-0.2, -0.15) is 0 Å². The summed E-state index contributed by atoms with van der Waals surface area (Å²) >= 11 is 2.48. The molecule has 13 heteroatoms. The number of carbonyl (C=O) groups is 5. The standard InChI is InChI=1S/C36H44N4O7S2/c1-4-6-19-36(20-7-5-2)35(46)40(25-16-12-9-13-17-25)31-27(49-39-36)22-26(33(48-3)32(31)44)47-23-28(41)38-30(24-14-10-8-11-15-24)34(45)37-21-18-29(42)43/h8-17,22,30,33,39H,4-7,18-21,23H2,1-3H3,(H,37,45)(H,38,41)(H,42,43)/t30-,33+/m1/s1. The molecule has 0 bridgehead atoms. The molecule has 2 aliphatic rings. The minimum absolute atomic E-state index is 0.0991. The zero-order chi connectivity index (χ0) is 35.4. The van der Waals surface area contributed by atoms with E-state index in [0.717, 1.165) is 25.7 Å². The Hall–Kier alpha value is -4.07. The number of nitrogens with zero attached hydrogens (tertiary/aromatic N) is 1. The molecule has 0 saturated carbocycles. The lowest BCUT2D eigenvalue weighted by Crippen LogP contribution is -2.55. The number of allylic oxidation sites excluding steroid dienone is 2. The largest absolute Gasteiger partial charge is 0.486 e. The summed E-state index contributed by atoms with van der Waals surface area (Å²) in [6.07, 6.45) is 7.92. The molecule has 0 spiro atoms. The molecule has 49 heavy (non-hydrogen) atoms. The number of carboxylic acids is 1. The molecule has 11 nitrogen and oxygen atoms in total. The van der Waals surface area contributed by atoms with Crippen molar-refractivity contribution in [1.82, 2.24) is 15.4 Å². The van der Waals surface area contributed by atoms with Gasteiger partial charge in [0.2, 0.25) is 11.7 Å². The lowest BCUT2D eigenvalue weighted by atomic mass is 9.86. The van der Waals surface area contributed by atoms with Gasteiger partial charge in [0.05, 0.1) is 11.3 Å². The van der Waals surface area contributed by atoms with Gasteiger partial charge in [-0.25, -0.2) is 4.72 Å². The Labute approximate surface area is 295 Å². The van der Waals surface area contributed by atoms with Crippen molar-refractivity contribution >= 4 is 58.9 Å². The van der Waals surface area contributed by atoms with Crippen LogP contribution < -0.4 is 20.3 Å². The van der Waals surface area contributed by atoms with Gasteiger partial charge in [0.15, 0.2) is 6.61 Å². The third-order valence-corrected chi connectivity index (χ3v) is 10.2. The smallest absolute Gasteiger partial charge is 0.305 e. The number of rotatable bonds is 17. The molecule has 1 aliphatic carbocycles. The van der Waals surface area contributed by atoms with Gasteiger partial charge >= 0.3 is 5.97 Å². The fourth-order valence-corrected chi connectivity index (χ4v) is 7.47. The summed E-state index contributed by atoms with van der Waals surface area (Å²) in [5.74, 6) is -2.45. The number of hydrogen-bond acceptors (Lipinski definition) is 9. The highest BCUT2D eigenvalue weighted by Crippen LogP contribution is 2.43. The van der Waals surface area contributed by atoms with E-state index in [2.05, 4.69) is 29.2 Å². The number of nitrogens with one attached hydrogen (secondary N) is 3. The van der Waals surface area contributed by atoms with Gasteiger partial charge in [-0.15, -0.1) is 11.8 Å². The average Bonchev–Trinajstić information content (AvgIpc) is 3.22. The van der Waals surface area contributed by atoms with Crippen molar-refractivity contribution in [1.29, 1.82) is 0 Å². The van der Waals surface area contributed by atoms with Gasteiger partial charge in [-0.3, -0.25) is 28.9 Å². The molecule has 0 saturated heterocycles. The summed E-state index contributed by atoms with van der Waals surface area (Å²) in [6.45, 7) is 3.59. The number of carboxylic acid groups (broad SMARTS) is 1. The van der Waals surface area contributed by atoms with Gasteiger partial charge in [0.25, 0.3) is 11.8 Å². The fourth-order valence-electron chi connectivity index (χ4n) is 5.71. The van der Waals surface area contributed by atoms with Crippen LogP contribution in [-0.4, -0.2) is 64.8 Å². The van der Waals surface area contributed by atoms with E-state index in [1.54, 1.807) is 47.6 Å². The molecular weight excluding hydrogens is 665 g/mol. The van der Waals surface area contributed by atoms with Crippen LogP contribution in [0.2, 0.25) is 0 Å². The summed E-state index contributed by atoms with van der Waals surface area (Å²) in [5.41, 5.74) is 0.474. The molecular formula is C36H44N4O7S2. The molecule has 2 aromatic rings. The number of ether oxygens (including phenoxy) is 1. The Morgan fingerprint density at radius 1 is 1.02 bits per heavy atom. The van der Waals surface area contributed by atoms with Crippen LogP contribution in [0.4, 0.5) is 5.69 Å². The van der Waals surface area contributed by atoms with Crippen LogP contribution in [0.5, 0.6) is 0 Å². The van der Waals surface area contributed by atoms with Crippen LogP contribution in [0.15, 0.2) is 83.1 Å². The highest BCUT2D eigenvalue weighted by atomic mass is 32.2. The van der Waals surface area contributed by atoms with Crippen LogP contribution in [0.3, 0.4) is 0 Å². The van der Waals surface area contributed by atoms with Crippen LogP contribution in [-0.2, 0) is 28.7 Å². The number of aliphatic carboxylic acids is 1. The van der Waals surface area contributed by atoms with Crippen molar-refractivity contribution < 1.29 is 33.8 Å². The highest BCUT2D eigenvalue weighted by molar-refractivity contribution is 8.01. The van der Waals surface area contributed by atoms with Gasteiger partial charge in [-0.05, 0) is 54.8 Å². The molecule has 3 amide bonds. The summed E-state index contributed by atoms with van der Waals surface area (Å²) < 4.78 is 9.49. The molecule has 2 aromatic carbocycles. The Bertz CT molecular complexity index is 1560. The average molecular weight is 709 g/mol. The maximum Gasteiger partial charge on any atom is 0.305 e. The van der Waals surface area contributed by atoms with E-state index >= 15 is 0 Å². The maximum atomic E-state index is 14.6. The lowest BCUT2D eigenvalue weighted by molar-refractivity contribution is -0.137. The second-order valence-corrected chi connectivity index (χ2v) is 13.6. The van der Waals surface area contributed by atoms with Crippen molar-refractivity contribution in [3.05, 3.63) is 88.7 Å². The molecule has 4 N–H and O–H groups in total. The number of para-hydroxylation sites is 1. The van der Waals surface area contributed by atoms with E-state index in [1.807, 2.05) is 30.3 Å². The van der Waals surface area contributed by atoms with E-state index in [1.165, 1.54) is 23.7 Å². The van der Waals surface area contributed by atoms with E-state index in [4.69, 9.17) is 9.84 Å². The van der Waals surface area contributed by atoms with Crippen molar-refractivity contribution in [2.24, 2.45) is 0 Å². The highest BCUT2D eigenvalue weighted by Gasteiger charge is 2.48. The second-order valence-electron chi connectivity index (χ2n) is 11.8. The molecule has 0 radical (unpaired) electrons. The molecule has 0 unspecified atom stereocenters. The number of hydrogen-bond donors (Lipinski definition) is 4. The SMILES string of the molecule is CCCCC1(CCCC)NSC2=C(C(=O)[C@@H](SC)C(OCC(=O)N[C@@H](C(=O)NCCC(=O)O)c3ccccc3)=C2)N(c2ccccc2)C1=O. The first kappa shape index (κ1) is 37.7. The normalized spacial score (nSPS) is 17.8. The van der Waals surface area contributed by atoms with E-state index in [9.17, 15) is 24.0 Å². The lowest BCUT2D eigenvalue weighted by Gasteiger charge is -2.36. The van der Waals surface area contributed by atoms with Gasteiger partial charge in [-0.1, -0.05) is 88.1 Å². The number of anilines is 1. The molecule has 0 fully saturated rings. The Balaban J connectivity index is 1.63. The molecule has 4 rings (SSSR count). The first-order valence-electron chi connectivity index (χ1n) is 16.5. The van der Waals surface area contributed by atoms with E-state index in [0.29, 0.717) is 29.0 Å². The van der Waals surface area contributed by atoms with Crippen molar-refractivity contribution in [3.8, 4) is 0 Å². The van der Waals surface area contributed by atoms with Crippen molar-refractivity contribution in [2.45, 2.75) is 75.6 Å². The number of Topliss-reactive ketones (excluding diaryl/α,β-unsaturated/α-hetero) is 1. The number of carbonyl (C=O) groups excluding carboxylic acids is 4. The summed E-state index contributed by atoms with van der Waals surface area (Å²) in [6, 6.07) is 16.7. The van der Waals surface area contributed by atoms with Gasteiger partial charge in [0.1, 0.15) is 28.3 Å². The fraction of sp³-hybridized carbons (Fsp3) is 0.417. The number of ketones is 1. The van der Waals surface area contributed by atoms with Crippen LogP contribution in [0.1, 0.15) is 70.4 Å². The topological polar surface area (TPSA) is 154 Å². The van der Waals surface area contributed by atoms with Crippen LogP contribution >= 0.6 is 23.7 Å². The van der Waals surface area contributed by atoms with Crippen LogP contribution in [0.25, 0.3) is 0 Å². The monoisotopic (exact) mass is 708 g/mol. The van der Waals surface area contributed by atoms with Crippen molar-refractivity contribution in [2.75, 3.05) is 24.3 Å². The quantitative estimate of drug-likeness (QED) is 0.160. The Morgan fingerprint density at radius 2 is 1.65 bits per heavy atom. The maximum absolute atomic E-state index is 14.6. The third-order valence-electron chi connectivity index (χ3n) is 8.30. The van der Waals surface area contributed by atoms with Crippen LogP contribution in [0, 0.1) is 0 Å². The third kappa shape index (κ3) is 9.34. The predicted octanol–water partition coefficient (Wildman–Crippen LogP) is 5.27. The summed E-state index contributed by atoms with van der Waals surface area (Å²) in [7, 11) is 0. The number of benzene rings is 2. The summed E-state index contributed by atoms with van der Waals surface area (Å²) in [4.78, 5) is 68.2. The van der Waals surface area contributed by atoms with Gasteiger partial charge in [0, 0.05) is 12.2 Å². The Morgan fingerprint density at radius 3 is 2.24 bits per heavy atom. The minimum atomic E-state index is -1.09. The molecule has 0 aromatic heterocycles. The van der Waals surface area contributed by atoms with E-state index in [-0.39, 0.29) is 36.1 Å². The van der Waals surface area contributed by atoms with Crippen molar-refractivity contribution in [3.63, 3.8) is 0 Å². The number of unbranched alkanes of at least 4 members (excludes halogenated alkanes) is 2. The second kappa shape index (κ2) is 18.1. The Kier molecular flexibility index (Phi) is 13.9. The first-order chi connectivity index (χ1) is 23.7. The molecule has 1 aliphatic heterocycles. The molecule has 262 valence electrons. The zero-order valence-electron chi connectivity index (χ0n) is 28.0. The summed E-state index contributed by atoms with van der Waals surface area (Å²) in [5, 5.41) is 13.4. The van der Waals surface area contributed by atoms with E-state index < -0.39 is 41.2 Å². The predicted molar refractivity (Wildman–Crippen MR) is 192 cm³/mol. The molecule has 1 heterocycles. The van der Waals surface area contributed by atoms with Gasteiger partial charge < -0.3 is 20.5 Å². The zero-order valence-corrected chi connectivity index (χ0v) is 29.7. The molecule has 2 atom stereocenters. The number of thioether (sulfide) groups is 1. The number of amides is 3.